The van der Waals surface area contributed by atoms with Crippen molar-refractivity contribution in [2.24, 2.45) is 0 Å². The molecule has 1 aromatic rings. The van der Waals surface area contributed by atoms with Gasteiger partial charge in [0.2, 0.25) is 0 Å². The standard InChI is InChI=1S/C14H23NO/c1-3-4-5-6-10-15-12-13-8-7-9-14(11-13)16-2/h7-9,11,15H,3-6,10,12H2,1-2H3. The number of nitrogens with one attached hydrogen (secondary N) is 1. The normalized spacial score (nSPS) is 10.4. The van der Waals surface area contributed by atoms with Crippen molar-refractivity contribution in [1.29, 1.82) is 0 Å². The molecule has 0 atom stereocenters. The third-order valence-electron chi connectivity index (χ3n) is 2.67. The van der Waals surface area contributed by atoms with Crippen LogP contribution in [0.15, 0.2) is 24.3 Å². The van der Waals surface area contributed by atoms with Crippen LogP contribution in [-0.4, -0.2) is 13.7 Å². The molecule has 0 saturated carbocycles. The fourth-order valence-corrected chi connectivity index (χ4v) is 1.69. The van der Waals surface area contributed by atoms with Crippen molar-refractivity contribution in [3.05, 3.63) is 29.8 Å². The Kier molecular flexibility index (Phi) is 6.66. The van der Waals surface area contributed by atoms with E-state index in [1.165, 1.54) is 31.2 Å². The van der Waals surface area contributed by atoms with Crippen molar-refractivity contribution in [2.45, 2.75) is 39.2 Å². The maximum atomic E-state index is 5.19. The van der Waals surface area contributed by atoms with Gasteiger partial charge in [0, 0.05) is 6.54 Å². The lowest BCUT2D eigenvalue weighted by atomic mass is 10.2. The van der Waals surface area contributed by atoms with Crippen molar-refractivity contribution in [3.8, 4) is 5.75 Å². The van der Waals surface area contributed by atoms with Gasteiger partial charge in [-0.15, -0.1) is 0 Å². The van der Waals surface area contributed by atoms with E-state index < -0.39 is 0 Å². The Bertz CT molecular complexity index is 286. The molecule has 0 heterocycles. The molecule has 2 nitrogen and oxygen atoms in total. The van der Waals surface area contributed by atoms with Crippen LogP contribution in [0, 0.1) is 0 Å². The zero-order chi connectivity index (χ0) is 11.6. The van der Waals surface area contributed by atoms with Crippen molar-refractivity contribution >= 4 is 0 Å². The van der Waals surface area contributed by atoms with E-state index in [2.05, 4.69) is 24.4 Å². The SMILES string of the molecule is CCCCCCNCc1cccc(OC)c1. The maximum Gasteiger partial charge on any atom is 0.119 e. The zero-order valence-corrected chi connectivity index (χ0v) is 10.5. The van der Waals surface area contributed by atoms with Gasteiger partial charge in [-0.3, -0.25) is 0 Å². The fraction of sp³-hybridized carbons (Fsp3) is 0.571. The molecule has 0 aliphatic rings. The van der Waals surface area contributed by atoms with Crippen molar-refractivity contribution in [3.63, 3.8) is 0 Å². The van der Waals surface area contributed by atoms with E-state index in [1.807, 2.05) is 12.1 Å². The Balaban J connectivity index is 2.16. The summed E-state index contributed by atoms with van der Waals surface area (Å²) in [5.41, 5.74) is 1.29. The smallest absolute Gasteiger partial charge is 0.119 e. The molecule has 0 aliphatic heterocycles. The van der Waals surface area contributed by atoms with Crippen LogP contribution in [0.2, 0.25) is 0 Å². The third-order valence-corrected chi connectivity index (χ3v) is 2.67. The molecule has 0 aliphatic carbocycles. The van der Waals surface area contributed by atoms with E-state index in [0.717, 1.165) is 18.8 Å². The van der Waals surface area contributed by atoms with E-state index >= 15 is 0 Å². The van der Waals surface area contributed by atoms with Crippen LogP contribution < -0.4 is 10.1 Å². The highest BCUT2D eigenvalue weighted by atomic mass is 16.5. The molecule has 0 fully saturated rings. The lowest BCUT2D eigenvalue weighted by Gasteiger charge is -2.06. The second kappa shape index (κ2) is 8.17. The van der Waals surface area contributed by atoms with Crippen LogP contribution in [0.25, 0.3) is 0 Å². The Labute approximate surface area is 99.0 Å². The van der Waals surface area contributed by atoms with Crippen molar-refractivity contribution < 1.29 is 4.74 Å². The molecule has 0 unspecified atom stereocenters. The summed E-state index contributed by atoms with van der Waals surface area (Å²) in [6.45, 7) is 4.28. The summed E-state index contributed by atoms with van der Waals surface area (Å²) in [4.78, 5) is 0. The Hall–Kier alpha value is -1.02. The molecule has 0 bridgehead atoms. The van der Waals surface area contributed by atoms with Crippen LogP contribution in [0.3, 0.4) is 0 Å². The highest BCUT2D eigenvalue weighted by molar-refractivity contribution is 5.28. The average Bonchev–Trinajstić information content (AvgIpc) is 2.34. The molecule has 0 radical (unpaired) electrons. The monoisotopic (exact) mass is 221 g/mol. The minimum Gasteiger partial charge on any atom is -0.497 e. The molecule has 0 saturated heterocycles. The van der Waals surface area contributed by atoms with E-state index in [1.54, 1.807) is 7.11 Å². The second-order valence-corrected chi connectivity index (χ2v) is 4.09. The number of hydrogen-bond donors (Lipinski definition) is 1. The summed E-state index contributed by atoms with van der Waals surface area (Å²) in [5.74, 6) is 0.935. The van der Waals surface area contributed by atoms with Gasteiger partial charge < -0.3 is 10.1 Å². The van der Waals surface area contributed by atoms with Crippen LogP contribution >= 0.6 is 0 Å². The lowest BCUT2D eigenvalue weighted by Crippen LogP contribution is -2.14. The lowest BCUT2D eigenvalue weighted by molar-refractivity contribution is 0.414. The average molecular weight is 221 g/mol. The van der Waals surface area contributed by atoms with Gasteiger partial charge in [0.25, 0.3) is 0 Å². The van der Waals surface area contributed by atoms with E-state index in [4.69, 9.17) is 4.74 Å². The predicted octanol–water partition coefficient (Wildman–Crippen LogP) is 3.37. The summed E-state index contributed by atoms with van der Waals surface area (Å²) in [6.07, 6.45) is 5.26. The second-order valence-electron chi connectivity index (χ2n) is 4.09. The number of rotatable bonds is 8. The minimum atomic E-state index is 0.934. The number of benzene rings is 1. The molecule has 2 heteroatoms. The Morgan fingerprint density at radius 2 is 2.06 bits per heavy atom. The first-order chi connectivity index (χ1) is 7.86. The number of ether oxygens (including phenoxy) is 1. The van der Waals surface area contributed by atoms with E-state index in [0.29, 0.717) is 0 Å². The molecular formula is C14H23NO. The predicted molar refractivity (Wildman–Crippen MR) is 68.8 cm³/mol. The molecule has 16 heavy (non-hydrogen) atoms. The molecule has 90 valence electrons. The van der Waals surface area contributed by atoms with Crippen LogP contribution in [-0.2, 0) is 6.54 Å². The van der Waals surface area contributed by atoms with E-state index in [-0.39, 0.29) is 0 Å². The van der Waals surface area contributed by atoms with Crippen LogP contribution in [0.4, 0.5) is 0 Å². The van der Waals surface area contributed by atoms with Crippen LogP contribution in [0.1, 0.15) is 38.2 Å². The molecular weight excluding hydrogens is 198 g/mol. The maximum absolute atomic E-state index is 5.19. The number of hydrogen-bond acceptors (Lipinski definition) is 2. The van der Waals surface area contributed by atoms with Crippen molar-refractivity contribution in [1.82, 2.24) is 5.32 Å². The van der Waals surface area contributed by atoms with Gasteiger partial charge in [-0.2, -0.15) is 0 Å². The Morgan fingerprint density at radius 3 is 2.81 bits per heavy atom. The molecule has 0 spiro atoms. The quantitative estimate of drug-likeness (QED) is 0.680. The fourth-order valence-electron chi connectivity index (χ4n) is 1.69. The largest absolute Gasteiger partial charge is 0.497 e. The van der Waals surface area contributed by atoms with Crippen LogP contribution in [0.5, 0.6) is 5.75 Å². The van der Waals surface area contributed by atoms with Gasteiger partial charge >= 0.3 is 0 Å². The zero-order valence-electron chi connectivity index (χ0n) is 10.5. The first-order valence-corrected chi connectivity index (χ1v) is 6.20. The van der Waals surface area contributed by atoms with Gasteiger partial charge in [-0.1, -0.05) is 38.3 Å². The van der Waals surface area contributed by atoms with Gasteiger partial charge in [0.15, 0.2) is 0 Å². The highest BCUT2D eigenvalue weighted by Gasteiger charge is 1.95. The first-order valence-electron chi connectivity index (χ1n) is 6.20. The van der Waals surface area contributed by atoms with Gasteiger partial charge in [0.05, 0.1) is 7.11 Å². The molecule has 1 N–H and O–H groups in total. The van der Waals surface area contributed by atoms with E-state index in [9.17, 15) is 0 Å². The molecule has 0 aromatic heterocycles. The topological polar surface area (TPSA) is 21.3 Å². The molecule has 1 aromatic carbocycles. The Morgan fingerprint density at radius 1 is 1.19 bits per heavy atom. The highest BCUT2D eigenvalue weighted by Crippen LogP contribution is 2.12. The summed E-state index contributed by atoms with van der Waals surface area (Å²) in [5, 5.41) is 3.46. The van der Waals surface area contributed by atoms with Gasteiger partial charge in [-0.25, -0.2) is 0 Å². The van der Waals surface area contributed by atoms with Crippen molar-refractivity contribution in [2.75, 3.05) is 13.7 Å². The summed E-state index contributed by atoms with van der Waals surface area (Å²) in [7, 11) is 1.71. The summed E-state index contributed by atoms with van der Waals surface area (Å²) >= 11 is 0. The molecule has 0 amide bonds. The summed E-state index contributed by atoms with van der Waals surface area (Å²) < 4.78 is 5.19. The molecule has 1 rings (SSSR count). The third kappa shape index (κ3) is 5.17. The van der Waals surface area contributed by atoms with Gasteiger partial charge in [-0.05, 0) is 30.7 Å². The number of unbranched alkanes of at least 4 members (excludes halogenated alkanes) is 3. The van der Waals surface area contributed by atoms with Gasteiger partial charge in [0.1, 0.15) is 5.75 Å². The number of methoxy groups -OCH3 is 1. The summed E-state index contributed by atoms with van der Waals surface area (Å²) in [6, 6.07) is 8.22. The minimum absolute atomic E-state index is 0.934. The first kappa shape index (κ1) is 13.0.